The zero-order valence-corrected chi connectivity index (χ0v) is 10.5. The lowest BCUT2D eigenvalue weighted by atomic mass is 10.1. The van der Waals surface area contributed by atoms with Gasteiger partial charge in [0.2, 0.25) is 5.82 Å². The van der Waals surface area contributed by atoms with Crippen LogP contribution in [0.2, 0.25) is 0 Å². The molecule has 0 spiro atoms. The van der Waals surface area contributed by atoms with Crippen LogP contribution >= 0.6 is 0 Å². The summed E-state index contributed by atoms with van der Waals surface area (Å²) in [5, 5.41) is 13.8. The first-order valence-corrected chi connectivity index (χ1v) is 6.15. The molecular weight excluding hydrogens is 246 g/mol. The van der Waals surface area contributed by atoms with Crippen molar-refractivity contribution in [3.63, 3.8) is 0 Å². The van der Waals surface area contributed by atoms with Crippen molar-refractivity contribution in [3.05, 3.63) is 24.0 Å². The van der Waals surface area contributed by atoms with E-state index in [4.69, 9.17) is 15.0 Å². The molecule has 1 aliphatic carbocycles. The fourth-order valence-corrected chi connectivity index (χ4v) is 2.10. The van der Waals surface area contributed by atoms with Crippen molar-refractivity contribution >= 4 is 5.69 Å². The Bertz CT molecular complexity index is 593. The minimum Gasteiger partial charge on any atom is -0.505 e. The first kappa shape index (κ1) is 12.0. The van der Waals surface area contributed by atoms with Crippen LogP contribution in [0.5, 0.6) is 5.75 Å². The topological polar surface area (TPSA) is 94.4 Å². The lowest BCUT2D eigenvalue weighted by Gasteiger charge is -2.08. The van der Waals surface area contributed by atoms with Crippen molar-refractivity contribution in [3.8, 4) is 17.2 Å². The summed E-state index contributed by atoms with van der Waals surface area (Å²) in [5.74, 6) is 1.19. The molecular formula is C13H15N3O3. The van der Waals surface area contributed by atoms with Crippen LogP contribution in [0.1, 0.15) is 24.8 Å². The number of aromatic hydroxyl groups is 1. The molecule has 0 bridgehead atoms. The van der Waals surface area contributed by atoms with Crippen molar-refractivity contribution in [2.75, 3.05) is 12.8 Å². The van der Waals surface area contributed by atoms with E-state index in [0.29, 0.717) is 17.3 Å². The molecule has 6 heteroatoms. The average molecular weight is 261 g/mol. The number of methoxy groups -OCH3 is 1. The highest BCUT2D eigenvalue weighted by Crippen LogP contribution is 2.42. The number of hydrogen-bond donors (Lipinski definition) is 2. The first-order valence-electron chi connectivity index (χ1n) is 6.15. The number of phenolic OH excluding ortho intramolecular Hbond substituents is 1. The summed E-state index contributed by atoms with van der Waals surface area (Å²) < 4.78 is 10.6. The zero-order chi connectivity index (χ0) is 13.4. The second-order valence-electron chi connectivity index (χ2n) is 4.69. The third kappa shape index (κ3) is 2.15. The molecule has 6 nitrogen and oxygen atoms in total. The predicted molar refractivity (Wildman–Crippen MR) is 68.3 cm³/mol. The Balaban J connectivity index is 1.94. The normalized spacial score (nSPS) is 16.5. The Morgan fingerprint density at radius 2 is 2.26 bits per heavy atom. The number of nitrogen functional groups attached to an aromatic ring is 1. The maximum atomic E-state index is 9.89. The quantitative estimate of drug-likeness (QED) is 0.646. The lowest BCUT2D eigenvalue weighted by molar-refractivity contribution is 0.0751. The standard InChI is InChI=1S/C13H15N3O3/c1-18-11(7-5-6-7)12-15-13(19-16-12)8-3-2-4-9(14)10(8)17/h2-4,7,11,17H,5-6,14H2,1H3. The van der Waals surface area contributed by atoms with Gasteiger partial charge in [0.1, 0.15) is 6.10 Å². The number of aromatic nitrogens is 2. The third-order valence-corrected chi connectivity index (χ3v) is 3.30. The predicted octanol–water partition coefficient (Wildman–Crippen LogP) is 2.12. The van der Waals surface area contributed by atoms with Crippen molar-refractivity contribution in [2.45, 2.75) is 18.9 Å². The van der Waals surface area contributed by atoms with E-state index in [-0.39, 0.29) is 23.4 Å². The fourth-order valence-electron chi connectivity index (χ4n) is 2.10. The van der Waals surface area contributed by atoms with Crippen molar-refractivity contribution in [1.29, 1.82) is 0 Å². The van der Waals surface area contributed by atoms with E-state index in [1.807, 2.05) is 0 Å². The number of nitrogens with two attached hydrogens (primary N) is 1. The highest BCUT2D eigenvalue weighted by molar-refractivity contribution is 5.71. The van der Waals surface area contributed by atoms with Crippen LogP contribution in [-0.2, 0) is 4.74 Å². The van der Waals surface area contributed by atoms with Gasteiger partial charge in [0.25, 0.3) is 5.89 Å². The van der Waals surface area contributed by atoms with Crippen LogP contribution in [-0.4, -0.2) is 22.4 Å². The average Bonchev–Trinajstić information content (AvgIpc) is 3.12. The molecule has 1 aromatic carbocycles. The van der Waals surface area contributed by atoms with Gasteiger partial charge >= 0.3 is 0 Å². The molecule has 100 valence electrons. The number of benzene rings is 1. The van der Waals surface area contributed by atoms with Crippen molar-refractivity contribution in [2.24, 2.45) is 5.92 Å². The van der Waals surface area contributed by atoms with Gasteiger partial charge in [0, 0.05) is 7.11 Å². The molecule has 3 N–H and O–H groups in total. The van der Waals surface area contributed by atoms with E-state index in [1.165, 1.54) is 0 Å². The monoisotopic (exact) mass is 261 g/mol. The Morgan fingerprint density at radius 1 is 1.47 bits per heavy atom. The Morgan fingerprint density at radius 3 is 2.95 bits per heavy atom. The molecule has 0 saturated heterocycles. The second kappa shape index (κ2) is 4.55. The van der Waals surface area contributed by atoms with E-state index in [9.17, 15) is 5.11 Å². The van der Waals surface area contributed by atoms with E-state index in [0.717, 1.165) is 12.8 Å². The molecule has 1 saturated carbocycles. The van der Waals surface area contributed by atoms with Crippen molar-refractivity contribution in [1.82, 2.24) is 10.1 Å². The lowest BCUT2D eigenvalue weighted by Crippen LogP contribution is -2.05. The van der Waals surface area contributed by atoms with Gasteiger partial charge in [-0.25, -0.2) is 0 Å². The first-order chi connectivity index (χ1) is 9.20. The van der Waals surface area contributed by atoms with E-state index >= 15 is 0 Å². The SMILES string of the molecule is COC(c1noc(-c2cccc(N)c2O)n1)C1CC1. The van der Waals surface area contributed by atoms with E-state index in [2.05, 4.69) is 10.1 Å². The molecule has 1 aliphatic rings. The molecule has 1 unspecified atom stereocenters. The van der Waals surface area contributed by atoms with Crippen LogP contribution in [0.4, 0.5) is 5.69 Å². The number of anilines is 1. The third-order valence-electron chi connectivity index (χ3n) is 3.30. The molecule has 0 radical (unpaired) electrons. The molecule has 1 atom stereocenters. The van der Waals surface area contributed by atoms with Gasteiger partial charge in [0.05, 0.1) is 11.3 Å². The van der Waals surface area contributed by atoms with Crippen LogP contribution in [0.3, 0.4) is 0 Å². The number of para-hydroxylation sites is 1. The van der Waals surface area contributed by atoms with E-state index in [1.54, 1.807) is 25.3 Å². The molecule has 19 heavy (non-hydrogen) atoms. The summed E-state index contributed by atoms with van der Waals surface area (Å²) in [5.41, 5.74) is 6.36. The molecule has 1 heterocycles. The highest BCUT2D eigenvalue weighted by atomic mass is 16.5. The molecule has 1 aromatic heterocycles. The highest BCUT2D eigenvalue weighted by Gasteiger charge is 2.35. The maximum Gasteiger partial charge on any atom is 0.261 e. The van der Waals surface area contributed by atoms with Gasteiger partial charge in [-0.1, -0.05) is 11.2 Å². The summed E-state index contributed by atoms with van der Waals surface area (Å²) in [6, 6.07) is 5.02. The summed E-state index contributed by atoms with van der Waals surface area (Å²) in [4.78, 5) is 4.30. The maximum absolute atomic E-state index is 9.89. The van der Waals surface area contributed by atoms with Crippen LogP contribution in [0.25, 0.3) is 11.5 Å². The number of ether oxygens (including phenoxy) is 1. The van der Waals surface area contributed by atoms with Crippen molar-refractivity contribution < 1.29 is 14.4 Å². The van der Waals surface area contributed by atoms with Crippen LogP contribution in [0, 0.1) is 5.92 Å². The second-order valence-corrected chi connectivity index (χ2v) is 4.69. The summed E-state index contributed by atoms with van der Waals surface area (Å²) in [6.45, 7) is 0. The van der Waals surface area contributed by atoms with Gasteiger partial charge in [-0.3, -0.25) is 0 Å². The fraction of sp³-hybridized carbons (Fsp3) is 0.385. The summed E-state index contributed by atoms with van der Waals surface area (Å²) in [7, 11) is 1.64. The number of phenols is 1. The molecule has 0 aliphatic heterocycles. The minimum absolute atomic E-state index is 0.0434. The Hall–Kier alpha value is -2.08. The Kier molecular flexibility index (Phi) is 2.87. The van der Waals surface area contributed by atoms with Gasteiger partial charge in [0.15, 0.2) is 5.75 Å². The number of nitrogens with zero attached hydrogens (tertiary/aromatic N) is 2. The summed E-state index contributed by atoms with van der Waals surface area (Å²) in [6.07, 6.45) is 2.10. The van der Waals surface area contributed by atoms with E-state index < -0.39 is 0 Å². The summed E-state index contributed by atoms with van der Waals surface area (Å²) >= 11 is 0. The molecule has 0 amide bonds. The zero-order valence-electron chi connectivity index (χ0n) is 10.5. The largest absolute Gasteiger partial charge is 0.505 e. The minimum atomic E-state index is -0.138. The Labute approximate surface area is 110 Å². The van der Waals surface area contributed by atoms with Gasteiger partial charge in [-0.15, -0.1) is 0 Å². The molecule has 1 fully saturated rings. The van der Waals surface area contributed by atoms with Crippen LogP contribution < -0.4 is 5.73 Å². The van der Waals surface area contributed by atoms with Crippen LogP contribution in [0.15, 0.2) is 22.7 Å². The number of hydrogen-bond acceptors (Lipinski definition) is 6. The van der Waals surface area contributed by atoms with Gasteiger partial charge < -0.3 is 20.1 Å². The molecule has 3 rings (SSSR count). The van der Waals surface area contributed by atoms with Gasteiger partial charge in [-0.05, 0) is 30.9 Å². The smallest absolute Gasteiger partial charge is 0.261 e. The number of rotatable bonds is 4. The van der Waals surface area contributed by atoms with Gasteiger partial charge in [-0.2, -0.15) is 4.98 Å². The molecule has 2 aromatic rings.